The van der Waals surface area contributed by atoms with E-state index >= 15 is 0 Å². The van der Waals surface area contributed by atoms with Gasteiger partial charge in [-0.3, -0.25) is 10.2 Å². The fraction of sp³-hybridized carbons (Fsp3) is 0.421. The fourth-order valence-corrected chi connectivity index (χ4v) is 3.20. The maximum absolute atomic E-state index is 12.6. The molecule has 1 saturated heterocycles. The molecule has 27 heavy (non-hydrogen) atoms. The number of rotatable bonds is 6. The van der Waals surface area contributed by atoms with Crippen LogP contribution in [-0.2, 0) is 11.3 Å². The van der Waals surface area contributed by atoms with Crippen LogP contribution in [0.25, 0.3) is 0 Å². The number of hydrazine groups is 1. The van der Waals surface area contributed by atoms with E-state index in [4.69, 9.17) is 18.6 Å². The van der Waals surface area contributed by atoms with Crippen molar-refractivity contribution >= 4 is 5.91 Å². The second-order valence-electron chi connectivity index (χ2n) is 6.81. The van der Waals surface area contributed by atoms with Crippen LogP contribution in [0.3, 0.4) is 0 Å². The SMILES string of the molecule is Cc1ccc(CN(C)C(=O)C2CC(COc3ccc4c(c3)OCO4)NN2)o1. The number of likely N-dealkylation sites (N-methyl/N-ethyl adjacent to an activating group) is 1. The van der Waals surface area contributed by atoms with Gasteiger partial charge >= 0.3 is 0 Å². The van der Waals surface area contributed by atoms with Crippen LogP contribution in [0.4, 0.5) is 0 Å². The maximum Gasteiger partial charge on any atom is 0.241 e. The Bertz CT molecular complexity index is 821. The second kappa shape index (κ2) is 7.50. The van der Waals surface area contributed by atoms with Gasteiger partial charge in [-0.25, -0.2) is 5.43 Å². The molecule has 1 amide bonds. The van der Waals surface area contributed by atoms with Gasteiger partial charge in [0.25, 0.3) is 0 Å². The third-order valence-corrected chi connectivity index (χ3v) is 4.64. The first-order valence-corrected chi connectivity index (χ1v) is 8.92. The molecule has 1 fully saturated rings. The lowest BCUT2D eigenvalue weighted by molar-refractivity contribution is -0.132. The molecule has 0 spiro atoms. The number of hydrogen-bond donors (Lipinski definition) is 2. The van der Waals surface area contributed by atoms with Crippen molar-refractivity contribution in [2.24, 2.45) is 0 Å². The zero-order valence-electron chi connectivity index (χ0n) is 15.4. The summed E-state index contributed by atoms with van der Waals surface area (Å²) < 4.78 is 22.0. The van der Waals surface area contributed by atoms with Gasteiger partial charge in [-0.05, 0) is 37.6 Å². The zero-order valence-corrected chi connectivity index (χ0v) is 15.4. The van der Waals surface area contributed by atoms with Crippen LogP contribution in [0, 0.1) is 6.92 Å². The minimum absolute atomic E-state index is 0.0159. The first-order chi connectivity index (χ1) is 13.1. The molecule has 2 aliphatic heterocycles. The molecule has 0 bridgehead atoms. The fourth-order valence-electron chi connectivity index (χ4n) is 3.20. The summed E-state index contributed by atoms with van der Waals surface area (Å²) in [5, 5.41) is 0. The van der Waals surface area contributed by atoms with Gasteiger partial charge in [0.2, 0.25) is 12.7 Å². The van der Waals surface area contributed by atoms with Crippen LogP contribution >= 0.6 is 0 Å². The highest BCUT2D eigenvalue weighted by atomic mass is 16.7. The highest BCUT2D eigenvalue weighted by Gasteiger charge is 2.31. The van der Waals surface area contributed by atoms with Gasteiger partial charge in [0.05, 0.1) is 12.6 Å². The molecule has 1 aromatic heterocycles. The van der Waals surface area contributed by atoms with Crippen molar-refractivity contribution in [3.05, 3.63) is 41.9 Å². The number of ether oxygens (including phenoxy) is 3. The lowest BCUT2D eigenvalue weighted by Crippen LogP contribution is -2.44. The average Bonchev–Trinajstić information content (AvgIpc) is 3.39. The normalized spacial score (nSPS) is 20.7. The summed E-state index contributed by atoms with van der Waals surface area (Å²) in [6.07, 6.45) is 0.644. The van der Waals surface area contributed by atoms with Gasteiger partial charge in [-0.2, -0.15) is 0 Å². The smallest absolute Gasteiger partial charge is 0.241 e. The van der Waals surface area contributed by atoms with Crippen molar-refractivity contribution < 1.29 is 23.4 Å². The third-order valence-electron chi connectivity index (χ3n) is 4.64. The summed E-state index contributed by atoms with van der Waals surface area (Å²) in [6, 6.07) is 9.01. The Kier molecular flexibility index (Phi) is 4.91. The minimum atomic E-state index is -0.295. The predicted molar refractivity (Wildman–Crippen MR) is 96.4 cm³/mol. The van der Waals surface area contributed by atoms with E-state index in [1.54, 1.807) is 11.9 Å². The van der Waals surface area contributed by atoms with E-state index in [0.717, 1.165) is 17.3 Å². The molecular formula is C19H23N3O5. The van der Waals surface area contributed by atoms with Crippen LogP contribution in [-0.4, -0.2) is 43.3 Å². The molecule has 2 aliphatic rings. The Balaban J connectivity index is 1.26. The standard InChI is InChI=1S/C19H23N3O5/c1-12-3-4-15(27-12)9-22(2)19(23)16-7-13(20-21-16)10-24-14-5-6-17-18(8-14)26-11-25-17/h3-6,8,13,16,20-21H,7,9-11H2,1-2H3. The Labute approximate surface area is 157 Å². The van der Waals surface area contributed by atoms with Gasteiger partial charge in [0.1, 0.15) is 29.9 Å². The lowest BCUT2D eigenvalue weighted by atomic mass is 10.1. The van der Waals surface area contributed by atoms with Crippen molar-refractivity contribution in [1.29, 1.82) is 0 Å². The third kappa shape index (κ3) is 4.01. The van der Waals surface area contributed by atoms with Crippen molar-refractivity contribution in [2.75, 3.05) is 20.4 Å². The molecular weight excluding hydrogens is 350 g/mol. The van der Waals surface area contributed by atoms with Gasteiger partial charge in [0.15, 0.2) is 11.5 Å². The van der Waals surface area contributed by atoms with Gasteiger partial charge in [-0.1, -0.05) is 0 Å². The van der Waals surface area contributed by atoms with Crippen LogP contribution < -0.4 is 25.1 Å². The monoisotopic (exact) mass is 373 g/mol. The number of furan rings is 1. The number of fused-ring (bicyclic) bond motifs is 1. The van der Waals surface area contributed by atoms with Gasteiger partial charge < -0.3 is 23.5 Å². The minimum Gasteiger partial charge on any atom is -0.492 e. The van der Waals surface area contributed by atoms with Gasteiger partial charge in [-0.15, -0.1) is 0 Å². The molecule has 2 N–H and O–H groups in total. The topological polar surface area (TPSA) is 85.2 Å². The number of aryl methyl sites for hydroxylation is 1. The Hall–Kier alpha value is -2.71. The molecule has 8 nitrogen and oxygen atoms in total. The quantitative estimate of drug-likeness (QED) is 0.795. The predicted octanol–water partition coefficient (Wildman–Crippen LogP) is 1.59. The second-order valence-corrected chi connectivity index (χ2v) is 6.81. The van der Waals surface area contributed by atoms with Crippen molar-refractivity contribution in [1.82, 2.24) is 15.8 Å². The molecule has 2 atom stereocenters. The Morgan fingerprint density at radius 2 is 2.07 bits per heavy atom. The van der Waals surface area contributed by atoms with Crippen LogP contribution in [0.2, 0.25) is 0 Å². The van der Waals surface area contributed by atoms with E-state index in [9.17, 15) is 4.79 Å². The van der Waals surface area contributed by atoms with E-state index in [1.807, 2.05) is 37.3 Å². The maximum atomic E-state index is 12.6. The number of carbonyl (C=O) groups excluding carboxylic acids is 1. The molecule has 2 aromatic rings. The summed E-state index contributed by atoms with van der Waals surface area (Å²) in [5.41, 5.74) is 6.19. The number of nitrogens with one attached hydrogen (secondary N) is 2. The van der Waals surface area contributed by atoms with E-state index in [1.165, 1.54) is 0 Å². The number of nitrogens with zero attached hydrogens (tertiary/aromatic N) is 1. The van der Waals surface area contributed by atoms with Crippen molar-refractivity contribution in [2.45, 2.75) is 32.0 Å². The first-order valence-electron chi connectivity index (χ1n) is 8.92. The number of carbonyl (C=O) groups is 1. The largest absolute Gasteiger partial charge is 0.492 e. The van der Waals surface area contributed by atoms with Crippen LogP contribution in [0.5, 0.6) is 17.2 Å². The Morgan fingerprint density at radius 1 is 1.22 bits per heavy atom. The van der Waals surface area contributed by atoms with E-state index < -0.39 is 0 Å². The van der Waals surface area contributed by atoms with E-state index in [2.05, 4.69) is 10.9 Å². The van der Waals surface area contributed by atoms with E-state index in [0.29, 0.717) is 31.1 Å². The molecule has 0 saturated carbocycles. The molecule has 0 radical (unpaired) electrons. The Morgan fingerprint density at radius 3 is 2.89 bits per heavy atom. The number of amides is 1. The summed E-state index contributed by atoms with van der Waals surface area (Å²) in [6.45, 7) is 3.01. The van der Waals surface area contributed by atoms with Crippen molar-refractivity contribution in [3.8, 4) is 17.2 Å². The molecule has 3 heterocycles. The highest BCUT2D eigenvalue weighted by molar-refractivity contribution is 5.81. The molecule has 144 valence electrons. The molecule has 2 unspecified atom stereocenters. The van der Waals surface area contributed by atoms with Crippen molar-refractivity contribution in [3.63, 3.8) is 0 Å². The summed E-state index contributed by atoms with van der Waals surface area (Å²) in [5.74, 6) is 3.75. The van der Waals surface area contributed by atoms with Crippen LogP contribution in [0.15, 0.2) is 34.7 Å². The summed E-state index contributed by atoms with van der Waals surface area (Å²) >= 11 is 0. The first kappa shape index (κ1) is 17.7. The lowest BCUT2D eigenvalue weighted by Gasteiger charge is -2.19. The highest BCUT2D eigenvalue weighted by Crippen LogP contribution is 2.35. The van der Waals surface area contributed by atoms with Gasteiger partial charge in [0, 0.05) is 13.1 Å². The summed E-state index contributed by atoms with van der Waals surface area (Å²) in [7, 11) is 1.78. The number of hydrogen-bond acceptors (Lipinski definition) is 7. The average molecular weight is 373 g/mol. The molecule has 4 rings (SSSR count). The number of benzene rings is 1. The summed E-state index contributed by atoms with van der Waals surface area (Å²) in [4.78, 5) is 14.3. The molecule has 8 heteroatoms. The van der Waals surface area contributed by atoms with Crippen LogP contribution in [0.1, 0.15) is 17.9 Å². The van der Waals surface area contributed by atoms with E-state index in [-0.39, 0.29) is 24.8 Å². The zero-order chi connectivity index (χ0) is 18.8. The molecule has 0 aliphatic carbocycles. The molecule has 1 aromatic carbocycles.